The fraction of sp³-hybridized carbons (Fsp3) is 0.214. The third-order valence-corrected chi connectivity index (χ3v) is 3.25. The quantitative estimate of drug-likeness (QED) is 0.787. The first kappa shape index (κ1) is 15.8. The molecule has 2 N–H and O–H groups in total. The Balaban J connectivity index is 2.33. The van der Waals surface area contributed by atoms with Crippen molar-refractivity contribution in [2.45, 2.75) is 13.3 Å². The van der Waals surface area contributed by atoms with Gasteiger partial charge in [-0.05, 0) is 24.6 Å². The van der Waals surface area contributed by atoms with Gasteiger partial charge in [-0.15, -0.1) is 0 Å². The molecule has 0 spiro atoms. The zero-order valence-electron chi connectivity index (χ0n) is 11.2. The van der Waals surface area contributed by atoms with Gasteiger partial charge >= 0.3 is 0 Å². The Hall–Kier alpha value is -1.59. The Bertz CT molecular complexity index is 650. The molecule has 1 aromatic heterocycles. The molecule has 1 aromatic carbocycles. The average Bonchev–Trinajstić information content (AvgIpc) is 2.45. The van der Waals surface area contributed by atoms with Crippen LogP contribution in [0.2, 0.25) is 10.0 Å². The number of anilines is 3. The SMILES string of the molecule is CCCNc1nc(Nc2cccc(F)c2F)c(Cl)cc1Cl. The number of rotatable bonds is 5. The summed E-state index contributed by atoms with van der Waals surface area (Å²) in [6.45, 7) is 2.68. The van der Waals surface area contributed by atoms with Crippen molar-refractivity contribution in [1.29, 1.82) is 0 Å². The van der Waals surface area contributed by atoms with Gasteiger partial charge in [0.2, 0.25) is 0 Å². The minimum Gasteiger partial charge on any atom is -0.369 e. The largest absolute Gasteiger partial charge is 0.369 e. The van der Waals surface area contributed by atoms with Crippen LogP contribution in [0.5, 0.6) is 0 Å². The number of aromatic nitrogens is 1. The van der Waals surface area contributed by atoms with Crippen LogP contribution < -0.4 is 10.6 Å². The summed E-state index contributed by atoms with van der Waals surface area (Å²) in [5.74, 6) is -1.31. The Morgan fingerprint density at radius 3 is 2.57 bits per heavy atom. The van der Waals surface area contributed by atoms with E-state index in [9.17, 15) is 8.78 Å². The van der Waals surface area contributed by atoms with Crippen LogP contribution in [0.4, 0.5) is 26.1 Å². The summed E-state index contributed by atoms with van der Waals surface area (Å²) in [6, 6.07) is 5.31. The second-order valence-electron chi connectivity index (χ2n) is 4.30. The summed E-state index contributed by atoms with van der Waals surface area (Å²) in [7, 11) is 0. The maximum atomic E-state index is 13.7. The Labute approximate surface area is 131 Å². The molecule has 0 amide bonds. The van der Waals surface area contributed by atoms with Gasteiger partial charge in [0.1, 0.15) is 5.82 Å². The maximum absolute atomic E-state index is 13.7. The zero-order valence-corrected chi connectivity index (χ0v) is 12.7. The summed E-state index contributed by atoms with van der Waals surface area (Å²) in [4.78, 5) is 4.20. The molecule has 3 nitrogen and oxygen atoms in total. The molecule has 0 bridgehead atoms. The van der Waals surface area contributed by atoms with Crippen molar-refractivity contribution in [3.63, 3.8) is 0 Å². The molecule has 21 heavy (non-hydrogen) atoms. The van der Waals surface area contributed by atoms with Gasteiger partial charge in [-0.1, -0.05) is 36.2 Å². The second-order valence-corrected chi connectivity index (χ2v) is 5.12. The molecule has 2 aromatic rings. The standard InChI is InChI=1S/C14H13Cl2F2N3/c1-2-6-19-13-8(15)7-9(16)14(21-13)20-11-5-3-4-10(17)12(11)18/h3-5,7H,2,6H2,1H3,(H2,19,20,21). The number of nitrogens with zero attached hydrogens (tertiary/aromatic N) is 1. The topological polar surface area (TPSA) is 37.0 Å². The van der Waals surface area contributed by atoms with E-state index in [0.717, 1.165) is 12.5 Å². The van der Waals surface area contributed by atoms with Crippen LogP contribution in [0.3, 0.4) is 0 Å². The predicted molar refractivity (Wildman–Crippen MR) is 82.7 cm³/mol. The molecule has 0 aliphatic heterocycles. The molecule has 1 heterocycles. The average molecular weight is 332 g/mol. The molecule has 0 unspecified atom stereocenters. The summed E-state index contributed by atoms with van der Waals surface area (Å²) < 4.78 is 26.8. The van der Waals surface area contributed by atoms with Crippen LogP contribution in [0, 0.1) is 11.6 Å². The highest BCUT2D eigenvalue weighted by atomic mass is 35.5. The number of hydrogen-bond donors (Lipinski definition) is 2. The normalized spacial score (nSPS) is 10.5. The Kier molecular flexibility index (Phi) is 5.20. The minimum absolute atomic E-state index is 0.0480. The minimum atomic E-state index is -0.992. The molecule has 0 saturated heterocycles. The lowest BCUT2D eigenvalue weighted by Gasteiger charge is -2.12. The number of benzene rings is 1. The van der Waals surface area contributed by atoms with E-state index in [1.807, 2.05) is 6.92 Å². The lowest BCUT2D eigenvalue weighted by atomic mass is 10.3. The van der Waals surface area contributed by atoms with E-state index >= 15 is 0 Å². The monoisotopic (exact) mass is 331 g/mol. The van der Waals surface area contributed by atoms with Crippen molar-refractivity contribution in [2.24, 2.45) is 0 Å². The summed E-state index contributed by atoms with van der Waals surface area (Å²) >= 11 is 12.0. The Morgan fingerprint density at radius 1 is 1.14 bits per heavy atom. The molecule has 0 aliphatic rings. The lowest BCUT2D eigenvalue weighted by molar-refractivity contribution is 0.511. The van der Waals surface area contributed by atoms with Crippen LogP contribution in [0.1, 0.15) is 13.3 Å². The molecule has 2 rings (SSSR count). The van der Waals surface area contributed by atoms with Gasteiger partial charge in [-0.25, -0.2) is 13.8 Å². The van der Waals surface area contributed by atoms with Gasteiger partial charge in [0.05, 0.1) is 15.7 Å². The molecule has 7 heteroatoms. The third-order valence-electron chi connectivity index (χ3n) is 2.68. The third kappa shape index (κ3) is 3.74. The molecule has 0 aliphatic carbocycles. The first-order valence-electron chi connectivity index (χ1n) is 6.34. The highest BCUT2D eigenvalue weighted by molar-refractivity contribution is 6.37. The smallest absolute Gasteiger partial charge is 0.182 e. The molecule has 0 saturated carbocycles. The van der Waals surface area contributed by atoms with E-state index in [1.54, 1.807) is 0 Å². The fourth-order valence-corrected chi connectivity index (χ4v) is 2.12. The fourth-order valence-electron chi connectivity index (χ4n) is 1.65. The van der Waals surface area contributed by atoms with E-state index in [0.29, 0.717) is 17.4 Å². The highest BCUT2D eigenvalue weighted by Gasteiger charge is 2.13. The molecule has 0 atom stereocenters. The van der Waals surface area contributed by atoms with Gasteiger partial charge in [-0.3, -0.25) is 0 Å². The van der Waals surface area contributed by atoms with Crippen LogP contribution in [-0.2, 0) is 0 Å². The van der Waals surface area contributed by atoms with E-state index < -0.39 is 11.6 Å². The van der Waals surface area contributed by atoms with Crippen LogP contribution in [-0.4, -0.2) is 11.5 Å². The number of nitrogens with one attached hydrogen (secondary N) is 2. The molecular formula is C14H13Cl2F2N3. The van der Waals surface area contributed by atoms with E-state index in [1.165, 1.54) is 18.2 Å². The lowest BCUT2D eigenvalue weighted by Crippen LogP contribution is -2.05. The summed E-state index contributed by atoms with van der Waals surface area (Å²) in [6.07, 6.45) is 0.891. The molecular weight excluding hydrogens is 319 g/mol. The van der Waals surface area contributed by atoms with Crippen molar-refractivity contribution < 1.29 is 8.78 Å². The van der Waals surface area contributed by atoms with E-state index in [4.69, 9.17) is 23.2 Å². The van der Waals surface area contributed by atoms with Crippen molar-refractivity contribution in [1.82, 2.24) is 4.98 Å². The zero-order chi connectivity index (χ0) is 15.4. The molecule has 0 fully saturated rings. The molecule has 112 valence electrons. The van der Waals surface area contributed by atoms with Crippen molar-refractivity contribution in [2.75, 3.05) is 17.2 Å². The number of halogens is 4. The first-order valence-corrected chi connectivity index (χ1v) is 7.09. The van der Waals surface area contributed by atoms with Gasteiger partial charge in [0, 0.05) is 6.54 Å². The highest BCUT2D eigenvalue weighted by Crippen LogP contribution is 2.31. The van der Waals surface area contributed by atoms with Gasteiger partial charge < -0.3 is 10.6 Å². The van der Waals surface area contributed by atoms with E-state index in [-0.39, 0.29) is 16.5 Å². The first-order chi connectivity index (χ1) is 10.0. The van der Waals surface area contributed by atoms with Crippen molar-refractivity contribution in [3.05, 3.63) is 45.9 Å². The maximum Gasteiger partial charge on any atom is 0.182 e. The van der Waals surface area contributed by atoms with Crippen LogP contribution in [0.15, 0.2) is 24.3 Å². The van der Waals surface area contributed by atoms with Crippen molar-refractivity contribution in [3.8, 4) is 0 Å². The van der Waals surface area contributed by atoms with Crippen molar-refractivity contribution >= 4 is 40.5 Å². The van der Waals surface area contributed by atoms with Gasteiger partial charge in [-0.2, -0.15) is 0 Å². The van der Waals surface area contributed by atoms with Crippen LogP contribution >= 0.6 is 23.2 Å². The predicted octanol–water partition coefficient (Wildman–Crippen LogP) is 5.23. The summed E-state index contributed by atoms with van der Waals surface area (Å²) in [5, 5.41) is 6.27. The number of hydrogen-bond acceptors (Lipinski definition) is 3. The van der Waals surface area contributed by atoms with Gasteiger partial charge in [0.15, 0.2) is 17.5 Å². The van der Waals surface area contributed by atoms with Gasteiger partial charge in [0.25, 0.3) is 0 Å². The Morgan fingerprint density at radius 2 is 1.86 bits per heavy atom. The summed E-state index contributed by atoms with van der Waals surface area (Å²) in [5.41, 5.74) is -0.0480. The second kappa shape index (κ2) is 6.91. The number of pyridine rings is 1. The van der Waals surface area contributed by atoms with Crippen LogP contribution in [0.25, 0.3) is 0 Å². The molecule has 0 radical (unpaired) electrons. The van der Waals surface area contributed by atoms with E-state index in [2.05, 4.69) is 15.6 Å².